The third-order valence-corrected chi connectivity index (χ3v) is 4.68. The summed E-state index contributed by atoms with van der Waals surface area (Å²) in [5.74, 6) is -0.371. The van der Waals surface area contributed by atoms with Crippen LogP contribution >= 0.6 is 27.5 Å². The molecule has 1 nitrogen and oxygen atoms in total. The summed E-state index contributed by atoms with van der Waals surface area (Å²) in [5.41, 5.74) is 3.14. The van der Waals surface area contributed by atoms with Crippen LogP contribution in [0.1, 0.15) is 22.7 Å². The predicted octanol–water partition coefficient (Wildman–Crippen LogP) is 5.05. The molecule has 0 saturated carbocycles. The average Bonchev–Trinajstić information content (AvgIpc) is 2.44. The normalized spacial score (nSPS) is 12.4. The molecule has 4 heteroatoms. The number of hydrogen-bond acceptors (Lipinski definition) is 1. The highest BCUT2D eigenvalue weighted by molar-refractivity contribution is 9.10. The van der Waals surface area contributed by atoms with Crippen LogP contribution in [0.5, 0.6) is 0 Å². The van der Waals surface area contributed by atoms with E-state index in [4.69, 9.17) is 11.6 Å². The average molecular weight is 357 g/mol. The molecule has 0 aromatic heterocycles. The monoisotopic (exact) mass is 355 g/mol. The van der Waals surface area contributed by atoms with Crippen molar-refractivity contribution in [3.63, 3.8) is 0 Å². The van der Waals surface area contributed by atoms with Gasteiger partial charge in [0.25, 0.3) is 0 Å². The molecule has 0 saturated heterocycles. The molecule has 0 radical (unpaired) electrons. The van der Waals surface area contributed by atoms with E-state index in [1.54, 1.807) is 6.07 Å². The maximum Gasteiger partial charge on any atom is 0.142 e. The fourth-order valence-corrected chi connectivity index (χ4v) is 2.74. The van der Waals surface area contributed by atoms with Crippen molar-refractivity contribution in [2.24, 2.45) is 0 Å². The van der Waals surface area contributed by atoms with E-state index in [0.29, 0.717) is 6.42 Å². The third-order valence-electron chi connectivity index (χ3n) is 3.40. The zero-order valence-electron chi connectivity index (χ0n) is 11.4. The molecule has 2 aromatic rings. The molecular weight excluding hydrogens is 341 g/mol. The van der Waals surface area contributed by atoms with E-state index in [-0.39, 0.29) is 16.9 Å². The van der Waals surface area contributed by atoms with E-state index in [0.717, 1.165) is 15.6 Å². The lowest BCUT2D eigenvalue weighted by Gasteiger charge is -2.18. The van der Waals surface area contributed by atoms with Gasteiger partial charge in [0, 0.05) is 10.5 Å². The molecule has 0 spiro atoms. The number of hydrogen-bond donors (Lipinski definition) is 1. The Morgan fingerprint density at radius 3 is 2.70 bits per heavy atom. The van der Waals surface area contributed by atoms with Crippen LogP contribution in [0.4, 0.5) is 4.39 Å². The molecule has 1 N–H and O–H groups in total. The largest absolute Gasteiger partial charge is 0.313 e. The van der Waals surface area contributed by atoms with Gasteiger partial charge in [-0.25, -0.2) is 4.39 Å². The number of aryl methyl sites for hydroxylation is 1. The van der Waals surface area contributed by atoms with Gasteiger partial charge in [-0.2, -0.15) is 0 Å². The van der Waals surface area contributed by atoms with Crippen LogP contribution in [-0.2, 0) is 6.42 Å². The summed E-state index contributed by atoms with van der Waals surface area (Å²) in [7, 11) is 1.89. The lowest BCUT2D eigenvalue weighted by Crippen LogP contribution is -2.19. The Bertz CT molecular complexity index is 615. The number of rotatable bonds is 4. The Labute approximate surface area is 132 Å². The molecular formula is C16H16BrClFN. The van der Waals surface area contributed by atoms with Crippen LogP contribution in [0, 0.1) is 12.7 Å². The molecule has 0 aliphatic carbocycles. The van der Waals surface area contributed by atoms with Gasteiger partial charge in [-0.15, -0.1) is 0 Å². The van der Waals surface area contributed by atoms with Crippen LogP contribution in [0.15, 0.2) is 40.9 Å². The van der Waals surface area contributed by atoms with Crippen molar-refractivity contribution in [1.29, 1.82) is 0 Å². The summed E-state index contributed by atoms with van der Waals surface area (Å²) < 4.78 is 14.6. The molecule has 1 unspecified atom stereocenters. The Balaban J connectivity index is 2.28. The molecule has 0 bridgehead atoms. The van der Waals surface area contributed by atoms with Crippen molar-refractivity contribution in [3.05, 3.63) is 68.4 Å². The van der Waals surface area contributed by atoms with Gasteiger partial charge in [-0.1, -0.05) is 51.8 Å². The Morgan fingerprint density at radius 1 is 1.30 bits per heavy atom. The van der Waals surface area contributed by atoms with Crippen LogP contribution in [0.2, 0.25) is 5.02 Å². The molecule has 0 aliphatic rings. The van der Waals surface area contributed by atoms with Crippen molar-refractivity contribution in [2.45, 2.75) is 19.4 Å². The second-order valence-corrected chi connectivity index (χ2v) is 6.00. The standard InChI is InChI=1S/C16H16BrClFN/c1-10-6-7-11(8-13(10)17)15(20-2)9-12-4-3-5-14(19)16(12)18/h3-8,15,20H,9H2,1-2H3. The van der Waals surface area contributed by atoms with E-state index in [2.05, 4.69) is 39.4 Å². The highest BCUT2D eigenvalue weighted by Gasteiger charge is 2.14. The molecule has 0 fully saturated rings. The second-order valence-electron chi connectivity index (χ2n) is 4.77. The quantitative estimate of drug-likeness (QED) is 0.808. The zero-order valence-corrected chi connectivity index (χ0v) is 13.7. The molecule has 2 aromatic carbocycles. The molecule has 20 heavy (non-hydrogen) atoms. The third kappa shape index (κ3) is 3.40. The number of halogens is 3. The fraction of sp³-hybridized carbons (Fsp3) is 0.250. The van der Waals surface area contributed by atoms with Crippen molar-refractivity contribution in [1.82, 2.24) is 5.32 Å². The topological polar surface area (TPSA) is 12.0 Å². The summed E-state index contributed by atoms with van der Waals surface area (Å²) in [5, 5.41) is 3.47. The zero-order chi connectivity index (χ0) is 14.7. The van der Waals surface area contributed by atoms with Crippen molar-refractivity contribution >= 4 is 27.5 Å². The minimum absolute atomic E-state index is 0.0891. The maximum atomic E-state index is 13.5. The maximum absolute atomic E-state index is 13.5. The predicted molar refractivity (Wildman–Crippen MR) is 85.8 cm³/mol. The lowest BCUT2D eigenvalue weighted by molar-refractivity contribution is 0.584. The number of nitrogens with one attached hydrogen (secondary N) is 1. The van der Waals surface area contributed by atoms with Crippen molar-refractivity contribution < 1.29 is 4.39 Å². The van der Waals surface area contributed by atoms with Crippen LogP contribution in [-0.4, -0.2) is 7.05 Å². The minimum Gasteiger partial charge on any atom is -0.313 e. The molecule has 0 amide bonds. The van der Waals surface area contributed by atoms with Crippen molar-refractivity contribution in [3.8, 4) is 0 Å². The number of likely N-dealkylation sites (N-methyl/N-ethyl adjacent to an activating group) is 1. The van der Waals surface area contributed by atoms with Crippen LogP contribution in [0.25, 0.3) is 0 Å². The summed E-state index contributed by atoms with van der Waals surface area (Å²) >= 11 is 9.57. The fourth-order valence-electron chi connectivity index (χ4n) is 2.14. The van der Waals surface area contributed by atoms with E-state index < -0.39 is 0 Å². The second kappa shape index (κ2) is 6.70. The number of benzene rings is 2. The lowest BCUT2D eigenvalue weighted by atomic mass is 9.98. The smallest absolute Gasteiger partial charge is 0.142 e. The summed E-state index contributed by atoms with van der Waals surface area (Å²) in [6.07, 6.45) is 0.641. The van der Waals surface area contributed by atoms with Gasteiger partial charge in [0.05, 0.1) is 5.02 Å². The first-order valence-corrected chi connectivity index (χ1v) is 7.56. The Kier molecular flexibility index (Phi) is 5.19. The Morgan fingerprint density at radius 2 is 2.05 bits per heavy atom. The Hall–Kier alpha value is -0.900. The van der Waals surface area contributed by atoms with Gasteiger partial charge >= 0.3 is 0 Å². The van der Waals surface area contributed by atoms with Crippen LogP contribution < -0.4 is 5.32 Å². The SMILES string of the molecule is CNC(Cc1cccc(F)c1Cl)c1ccc(C)c(Br)c1. The minimum atomic E-state index is -0.371. The van der Waals surface area contributed by atoms with E-state index in [1.165, 1.54) is 11.6 Å². The molecule has 0 heterocycles. The van der Waals surface area contributed by atoms with Gasteiger partial charge < -0.3 is 5.32 Å². The molecule has 2 rings (SSSR count). The van der Waals surface area contributed by atoms with Gasteiger partial charge in [-0.05, 0) is 49.2 Å². The highest BCUT2D eigenvalue weighted by Crippen LogP contribution is 2.27. The highest BCUT2D eigenvalue weighted by atomic mass is 79.9. The molecule has 1 atom stereocenters. The summed E-state index contributed by atoms with van der Waals surface area (Å²) in [4.78, 5) is 0. The summed E-state index contributed by atoms with van der Waals surface area (Å²) in [6, 6.07) is 11.2. The van der Waals surface area contributed by atoms with E-state index in [1.807, 2.05) is 20.0 Å². The first-order valence-electron chi connectivity index (χ1n) is 6.39. The van der Waals surface area contributed by atoms with E-state index in [9.17, 15) is 4.39 Å². The van der Waals surface area contributed by atoms with Gasteiger partial charge in [-0.3, -0.25) is 0 Å². The van der Waals surface area contributed by atoms with Crippen LogP contribution in [0.3, 0.4) is 0 Å². The van der Waals surface area contributed by atoms with Gasteiger partial charge in [0.2, 0.25) is 0 Å². The molecule has 106 valence electrons. The van der Waals surface area contributed by atoms with Gasteiger partial charge in [0.1, 0.15) is 5.82 Å². The van der Waals surface area contributed by atoms with Gasteiger partial charge in [0.15, 0.2) is 0 Å². The van der Waals surface area contributed by atoms with Crippen molar-refractivity contribution in [2.75, 3.05) is 7.05 Å². The first kappa shape index (κ1) is 15.5. The first-order chi connectivity index (χ1) is 9.52. The molecule has 0 aliphatic heterocycles. The summed E-state index contributed by atoms with van der Waals surface area (Å²) in [6.45, 7) is 2.05. The van der Waals surface area contributed by atoms with E-state index >= 15 is 0 Å².